The van der Waals surface area contributed by atoms with Gasteiger partial charge in [0.05, 0.1) is 17.1 Å². The highest BCUT2D eigenvalue weighted by Gasteiger charge is 2.22. The first-order valence-electron chi connectivity index (χ1n) is 19.6. The number of anilines is 3. The van der Waals surface area contributed by atoms with E-state index in [-0.39, 0.29) is 0 Å². The number of benzene rings is 9. The van der Waals surface area contributed by atoms with Crippen LogP contribution in [-0.4, -0.2) is 9.97 Å². The standard InChI is InChI=1S/C54H35N3O/c1-4-16-37(17-5-1)49-35-50(38-18-6-2-7-19-38)56-54(55-49)48-33-42(34-52-53(48)46-26-14-15-27-51(46)58-52)57(40-21-8-3-9-22-40)41-30-28-36(29-31-41)47-32-39-20-10-11-23-43(39)44-24-12-13-25-45(44)47/h1-35H. The Labute approximate surface area is 335 Å². The summed E-state index contributed by atoms with van der Waals surface area (Å²) in [7, 11) is 0. The summed E-state index contributed by atoms with van der Waals surface area (Å²) in [6.45, 7) is 0. The number of hydrogen-bond acceptors (Lipinski definition) is 4. The zero-order valence-electron chi connectivity index (χ0n) is 31.5. The van der Waals surface area contributed by atoms with E-state index in [1.165, 1.54) is 27.1 Å². The molecule has 2 aromatic heterocycles. The molecule has 0 radical (unpaired) electrons. The maximum absolute atomic E-state index is 6.68. The van der Waals surface area contributed by atoms with Crippen molar-refractivity contribution in [3.8, 4) is 45.0 Å². The van der Waals surface area contributed by atoms with Gasteiger partial charge in [-0.1, -0.05) is 158 Å². The first-order chi connectivity index (χ1) is 28.7. The highest BCUT2D eigenvalue weighted by Crippen LogP contribution is 2.44. The molecule has 0 saturated heterocycles. The van der Waals surface area contributed by atoms with Crippen LogP contribution in [0.15, 0.2) is 217 Å². The number of nitrogens with zero attached hydrogens (tertiary/aromatic N) is 3. The Kier molecular flexibility index (Phi) is 8.11. The third-order valence-corrected chi connectivity index (χ3v) is 11.0. The van der Waals surface area contributed by atoms with Gasteiger partial charge in [0, 0.05) is 44.9 Å². The van der Waals surface area contributed by atoms with Gasteiger partial charge in [-0.25, -0.2) is 9.97 Å². The highest BCUT2D eigenvalue weighted by atomic mass is 16.3. The van der Waals surface area contributed by atoms with E-state index in [1.807, 2.05) is 48.5 Å². The maximum atomic E-state index is 6.68. The molecule has 272 valence electrons. The van der Waals surface area contributed by atoms with Crippen LogP contribution in [0.1, 0.15) is 0 Å². The molecule has 0 saturated carbocycles. The van der Waals surface area contributed by atoms with Crippen LogP contribution in [0.25, 0.3) is 88.5 Å². The fourth-order valence-corrected chi connectivity index (χ4v) is 8.33. The van der Waals surface area contributed by atoms with Crippen LogP contribution in [0.2, 0.25) is 0 Å². The second-order valence-electron chi connectivity index (χ2n) is 14.6. The summed E-state index contributed by atoms with van der Waals surface area (Å²) in [5, 5.41) is 6.99. The lowest BCUT2D eigenvalue weighted by molar-refractivity contribution is 0.669. The van der Waals surface area contributed by atoms with Crippen molar-refractivity contribution in [2.45, 2.75) is 0 Å². The smallest absolute Gasteiger partial charge is 0.161 e. The van der Waals surface area contributed by atoms with E-state index in [9.17, 15) is 0 Å². The van der Waals surface area contributed by atoms with Crippen molar-refractivity contribution in [1.29, 1.82) is 0 Å². The zero-order valence-corrected chi connectivity index (χ0v) is 31.5. The molecule has 2 heterocycles. The number of rotatable bonds is 7. The van der Waals surface area contributed by atoms with Crippen molar-refractivity contribution in [2.75, 3.05) is 4.90 Å². The summed E-state index contributed by atoms with van der Waals surface area (Å²) in [6.07, 6.45) is 0. The van der Waals surface area contributed by atoms with Crippen LogP contribution >= 0.6 is 0 Å². The molecule has 0 spiro atoms. The second kappa shape index (κ2) is 14.0. The van der Waals surface area contributed by atoms with Gasteiger partial charge in [-0.15, -0.1) is 0 Å². The number of aromatic nitrogens is 2. The Morgan fingerprint density at radius 1 is 0.345 bits per heavy atom. The number of para-hydroxylation sites is 2. The maximum Gasteiger partial charge on any atom is 0.161 e. The van der Waals surface area contributed by atoms with Gasteiger partial charge in [0.1, 0.15) is 11.2 Å². The molecule has 0 amide bonds. The van der Waals surface area contributed by atoms with Gasteiger partial charge in [-0.05, 0) is 81.2 Å². The molecule has 58 heavy (non-hydrogen) atoms. The van der Waals surface area contributed by atoms with E-state index in [2.05, 4.69) is 169 Å². The van der Waals surface area contributed by atoms with Gasteiger partial charge in [-0.2, -0.15) is 0 Å². The first kappa shape index (κ1) is 33.5. The van der Waals surface area contributed by atoms with Crippen molar-refractivity contribution >= 4 is 60.5 Å². The minimum absolute atomic E-state index is 0.630. The van der Waals surface area contributed by atoms with Crippen molar-refractivity contribution in [3.05, 3.63) is 212 Å². The van der Waals surface area contributed by atoms with Gasteiger partial charge >= 0.3 is 0 Å². The van der Waals surface area contributed by atoms with E-state index in [0.29, 0.717) is 5.82 Å². The lowest BCUT2D eigenvalue weighted by Gasteiger charge is -2.26. The van der Waals surface area contributed by atoms with Crippen LogP contribution in [-0.2, 0) is 0 Å². The van der Waals surface area contributed by atoms with Gasteiger partial charge in [-0.3, -0.25) is 0 Å². The summed E-state index contributed by atoms with van der Waals surface area (Å²) in [5.74, 6) is 0.630. The molecule has 0 aliphatic rings. The minimum Gasteiger partial charge on any atom is -0.456 e. The molecular weight excluding hydrogens is 707 g/mol. The normalized spacial score (nSPS) is 11.4. The van der Waals surface area contributed by atoms with Crippen LogP contribution in [0.5, 0.6) is 0 Å². The largest absolute Gasteiger partial charge is 0.456 e. The lowest BCUT2D eigenvalue weighted by atomic mass is 9.93. The molecule has 4 nitrogen and oxygen atoms in total. The molecule has 0 unspecified atom stereocenters. The van der Waals surface area contributed by atoms with Crippen LogP contribution in [0, 0.1) is 0 Å². The predicted molar refractivity (Wildman–Crippen MR) is 241 cm³/mol. The number of fused-ring (bicyclic) bond motifs is 6. The molecule has 0 N–H and O–H groups in total. The van der Waals surface area contributed by atoms with E-state index in [1.54, 1.807) is 0 Å². The molecule has 0 aliphatic heterocycles. The van der Waals surface area contributed by atoms with Gasteiger partial charge in [0.25, 0.3) is 0 Å². The third kappa shape index (κ3) is 5.87. The van der Waals surface area contributed by atoms with E-state index < -0.39 is 0 Å². The quantitative estimate of drug-likeness (QED) is 0.153. The SMILES string of the molecule is c1ccc(-c2cc(-c3ccccc3)nc(-c3cc(N(c4ccccc4)c4ccc(-c5cc6ccccc6c6ccccc56)cc4)cc4oc5ccccc5c34)n2)cc1. The summed E-state index contributed by atoms with van der Waals surface area (Å²) < 4.78 is 6.68. The molecule has 0 aliphatic carbocycles. The molecule has 4 heteroatoms. The lowest BCUT2D eigenvalue weighted by Crippen LogP contribution is -2.10. The fourth-order valence-electron chi connectivity index (χ4n) is 8.33. The minimum atomic E-state index is 0.630. The number of hydrogen-bond donors (Lipinski definition) is 0. The zero-order chi connectivity index (χ0) is 38.4. The Bertz CT molecular complexity index is 3210. The molecule has 9 aromatic carbocycles. The average molecular weight is 742 g/mol. The Morgan fingerprint density at radius 3 is 1.59 bits per heavy atom. The molecule has 0 bridgehead atoms. The average Bonchev–Trinajstić information content (AvgIpc) is 3.68. The predicted octanol–water partition coefficient (Wildman–Crippen LogP) is 14.8. The summed E-state index contributed by atoms with van der Waals surface area (Å²) >= 11 is 0. The van der Waals surface area contributed by atoms with Gasteiger partial charge < -0.3 is 9.32 Å². The van der Waals surface area contributed by atoms with Crippen molar-refractivity contribution in [2.24, 2.45) is 0 Å². The van der Waals surface area contributed by atoms with Gasteiger partial charge in [0.2, 0.25) is 0 Å². The van der Waals surface area contributed by atoms with Gasteiger partial charge in [0.15, 0.2) is 5.82 Å². The monoisotopic (exact) mass is 741 g/mol. The summed E-state index contributed by atoms with van der Waals surface area (Å²) in [6, 6.07) is 74.4. The Balaban J connectivity index is 1.12. The topological polar surface area (TPSA) is 42.2 Å². The third-order valence-electron chi connectivity index (χ3n) is 11.0. The van der Waals surface area contributed by atoms with E-state index in [4.69, 9.17) is 14.4 Å². The molecule has 0 atom stereocenters. The first-order valence-corrected chi connectivity index (χ1v) is 19.6. The van der Waals surface area contributed by atoms with Crippen molar-refractivity contribution < 1.29 is 4.42 Å². The molecular formula is C54H35N3O. The molecule has 11 rings (SSSR count). The van der Waals surface area contributed by atoms with Crippen LogP contribution < -0.4 is 4.90 Å². The van der Waals surface area contributed by atoms with E-state index >= 15 is 0 Å². The van der Waals surface area contributed by atoms with E-state index in [0.717, 1.165) is 72.6 Å². The van der Waals surface area contributed by atoms with Crippen LogP contribution in [0.4, 0.5) is 17.1 Å². The molecule has 0 fully saturated rings. The fraction of sp³-hybridized carbons (Fsp3) is 0. The van der Waals surface area contributed by atoms with Crippen LogP contribution in [0.3, 0.4) is 0 Å². The van der Waals surface area contributed by atoms with Crippen molar-refractivity contribution in [1.82, 2.24) is 9.97 Å². The van der Waals surface area contributed by atoms with Crippen molar-refractivity contribution in [3.63, 3.8) is 0 Å². The summed E-state index contributed by atoms with van der Waals surface area (Å²) in [4.78, 5) is 12.9. The summed E-state index contributed by atoms with van der Waals surface area (Å²) in [5.41, 5.74) is 11.6. The second-order valence-corrected chi connectivity index (χ2v) is 14.6. The highest BCUT2D eigenvalue weighted by molar-refractivity contribution is 6.15. The number of furan rings is 1. The molecule has 11 aromatic rings. The Morgan fingerprint density at radius 2 is 0.897 bits per heavy atom. The Hall–Kier alpha value is -7.82.